The lowest BCUT2D eigenvalue weighted by molar-refractivity contribution is 0.0967. The molecule has 0 radical (unpaired) electrons. The van der Waals surface area contributed by atoms with Gasteiger partial charge in [0.25, 0.3) is 5.56 Å². The highest BCUT2D eigenvalue weighted by molar-refractivity contribution is 5.79. The molecule has 1 aliphatic rings. The maximum atomic E-state index is 12.4. The highest BCUT2D eigenvalue weighted by Gasteiger charge is 2.20. The molecule has 4 rings (SSSR count). The monoisotopic (exact) mass is 369 g/mol. The third-order valence-electron chi connectivity index (χ3n) is 4.73. The van der Waals surface area contributed by atoms with Crippen LogP contribution in [0.15, 0.2) is 39.9 Å². The molecule has 1 saturated heterocycles. The fraction of sp³-hybridized carbons (Fsp3) is 0.316. The van der Waals surface area contributed by atoms with Crippen LogP contribution in [0.1, 0.15) is 12.8 Å². The van der Waals surface area contributed by atoms with Crippen molar-refractivity contribution in [3.8, 4) is 22.8 Å². The van der Waals surface area contributed by atoms with Gasteiger partial charge in [-0.1, -0.05) is 0 Å². The van der Waals surface area contributed by atoms with Crippen molar-refractivity contribution in [2.45, 2.75) is 25.5 Å². The second-order valence-corrected chi connectivity index (χ2v) is 6.46. The number of methoxy groups -OCH3 is 1. The number of hydrogen-bond acceptors (Lipinski definition) is 6. The first-order valence-electron chi connectivity index (χ1n) is 8.69. The van der Waals surface area contributed by atoms with Crippen molar-refractivity contribution in [2.75, 3.05) is 13.7 Å². The Morgan fingerprint density at radius 1 is 1.33 bits per heavy atom. The summed E-state index contributed by atoms with van der Waals surface area (Å²) in [4.78, 5) is 31.4. The summed E-state index contributed by atoms with van der Waals surface area (Å²) in [5.41, 5.74) is 0.131. The Bertz CT molecular complexity index is 1110. The normalized spacial score (nSPS) is 16.7. The molecule has 1 aromatic carbocycles. The van der Waals surface area contributed by atoms with Gasteiger partial charge in [-0.3, -0.25) is 14.3 Å². The number of benzene rings is 1. The van der Waals surface area contributed by atoms with Crippen LogP contribution in [-0.4, -0.2) is 39.5 Å². The highest BCUT2D eigenvalue weighted by atomic mass is 16.5. The van der Waals surface area contributed by atoms with Crippen LogP contribution in [0.5, 0.6) is 11.5 Å². The summed E-state index contributed by atoms with van der Waals surface area (Å²) in [7, 11) is 1.53. The number of aromatic nitrogens is 3. The molecule has 1 unspecified atom stereocenters. The fourth-order valence-corrected chi connectivity index (χ4v) is 3.32. The number of nitrogens with zero attached hydrogens (tertiary/aromatic N) is 2. The Morgan fingerprint density at radius 2 is 2.19 bits per heavy atom. The molecule has 0 aliphatic carbocycles. The van der Waals surface area contributed by atoms with Gasteiger partial charge in [0, 0.05) is 12.2 Å². The molecule has 2 aromatic heterocycles. The Morgan fingerprint density at radius 3 is 2.93 bits per heavy atom. The van der Waals surface area contributed by atoms with Crippen molar-refractivity contribution < 1.29 is 14.6 Å². The van der Waals surface area contributed by atoms with Gasteiger partial charge in [0.15, 0.2) is 0 Å². The van der Waals surface area contributed by atoms with E-state index in [9.17, 15) is 14.7 Å². The molecule has 1 fully saturated rings. The Hall–Kier alpha value is -3.13. The summed E-state index contributed by atoms with van der Waals surface area (Å²) in [5.74, 6) is 0.591. The van der Waals surface area contributed by atoms with Gasteiger partial charge < -0.3 is 14.6 Å². The van der Waals surface area contributed by atoms with Gasteiger partial charge in [-0.25, -0.2) is 9.78 Å². The second-order valence-electron chi connectivity index (χ2n) is 6.46. The van der Waals surface area contributed by atoms with Gasteiger partial charge in [-0.05, 0) is 43.2 Å². The van der Waals surface area contributed by atoms with Gasteiger partial charge in [-0.2, -0.15) is 0 Å². The van der Waals surface area contributed by atoms with E-state index >= 15 is 0 Å². The van der Waals surface area contributed by atoms with Gasteiger partial charge in [0.1, 0.15) is 17.1 Å². The average Bonchev–Trinajstić information content (AvgIpc) is 3.18. The van der Waals surface area contributed by atoms with Crippen molar-refractivity contribution in [3.05, 3.63) is 51.2 Å². The predicted octanol–water partition coefficient (Wildman–Crippen LogP) is 1.65. The number of nitrogens with one attached hydrogen (secondary N) is 1. The summed E-state index contributed by atoms with van der Waals surface area (Å²) in [6.07, 6.45) is 1.70. The van der Waals surface area contributed by atoms with E-state index < -0.39 is 11.2 Å². The zero-order valence-electron chi connectivity index (χ0n) is 14.8. The molecule has 8 heteroatoms. The lowest BCUT2D eigenvalue weighted by Crippen LogP contribution is -2.34. The lowest BCUT2D eigenvalue weighted by atomic mass is 10.1. The average molecular weight is 369 g/mol. The molecule has 8 nitrogen and oxygen atoms in total. The molecule has 0 spiro atoms. The molecule has 0 saturated carbocycles. The van der Waals surface area contributed by atoms with Crippen molar-refractivity contribution in [3.63, 3.8) is 0 Å². The fourth-order valence-electron chi connectivity index (χ4n) is 3.32. The van der Waals surface area contributed by atoms with Gasteiger partial charge in [0.05, 0.1) is 30.8 Å². The van der Waals surface area contributed by atoms with Crippen LogP contribution >= 0.6 is 0 Å². The van der Waals surface area contributed by atoms with Crippen LogP contribution in [0, 0.1) is 0 Å². The topological polar surface area (TPSA) is 106 Å². The van der Waals surface area contributed by atoms with Crippen molar-refractivity contribution in [1.82, 2.24) is 14.5 Å². The first-order chi connectivity index (χ1) is 13.1. The standard InChI is InChI=1S/C19H19N3O5/c1-26-11-4-7-16(23)14(9-11)15-6-5-13-17(20-15)22(19(25)21-18(13)24)10-12-3-2-8-27-12/h4-7,9,12,23H,2-3,8,10H2,1H3,(H,21,24,25). The number of fused-ring (bicyclic) bond motifs is 1. The third-order valence-corrected chi connectivity index (χ3v) is 4.73. The van der Waals surface area contributed by atoms with Crippen molar-refractivity contribution in [1.29, 1.82) is 0 Å². The van der Waals surface area contributed by atoms with Crippen molar-refractivity contribution >= 4 is 11.0 Å². The minimum atomic E-state index is -0.525. The number of pyridine rings is 1. The number of aromatic hydroxyl groups is 1. The van der Waals surface area contributed by atoms with Gasteiger partial charge >= 0.3 is 5.69 Å². The van der Waals surface area contributed by atoms with E-state index in [4.69, 9.17) is 9.47 Å². The SMILES string of the molecule is COc1ccc(O)c(-c2ccc3c(=O)[nH]c(=O)n(CC4CCCO4)c3n2)c1. The van der Waals surface area contributed by atoms with Crippen LogP contribution in [0.4, 0.5) is 0 Å². The third kappa shape index (κ3) is 3.19. The van der Waals surface area contributed by atoms with Crippen LogP contribution in [0.2, 0.25) is 0 Å². The molecule has 2 N–H and O–H groups in total. The molecule has 27 heavy (non-hydrogen) atoms. The number of rotatable bonds is 4. The summed E-state index contributed by atoms with van der Waals surface area (Å²) in [6, 6.07) is 8.03. The number of aromatic amines is 1. The molecule has 1 atom stereocenters. The largest absolute Gasteiger partial charge is 0.507 e. The Balaban J connectivity index is 1.90. The second kappa shape index (κ2) is 6.88. The molecule has 140 valence electrons. The maximum Gasteiger partial charge on any atom is 0.330 e. The number of H-pyrrole nitrogens is 1. The smallest absolute Gasteiger partial charge is 0.330 e. The Kier molecular flexibility index (Phi) is 4.41. The van der Waals surface area contributed by atoms with E-state index in [1.165, 1.54) is 17.7 Å². The molecular formula is C19H19N3O5. The van der Waals surface area contributed by atoms with E-state index in [2.05, 4.69) is 9.97 Å². The zero-order chi connectivity index (χ0) is 19.0. The number of ether oxygens (including phenoxy) is 2. The van der Waals surface area contributed by atoms with E-state index in [-0.39, 0.29) is 17.5 Å². The quantitative estimate of drug-likeness (QED) is 0.724. The summed E-state index contributed by atoms with van der Waals surface area (Å²) in [6.45, 7) is 0.976. The van der Waals surface area contributed by atoms with Crippen LogP contribution in [-0.2, 0) is 11.3 Å². The Labute approximate surface area is 154 Å². The van der Waals surface area contributed by atoms with Gasteiger partial charge in [0.2, 0.25) is 0 Å². The molecule has 3 heterocycles. The maximum absolute atomic E-state index is 12.4. The molecular weight excluding hydrogens is 350 g/mol. The summed E-state index contributed by atoms with van der Waals surface area (Å²) >= 11 is 0. The molecule has 3 aromatic rings. The first-order valence-corrected chi connectivity index (χ1v) is 8.69. The zero-order valence-corrected chi connectivity index (χ0v) is 14.8. The van der Waals surface area contributed by atoms with E-state index in [0.29, 0.717) is 35.5 Å². The summed E-state index contributed by atoms with van der Waals surface area (Å²) in [5, 5.41) is 10.5. The van der Waals surface area contributed by atoms with Crippen LogP contribution in [0.25, 0.3) is 22.3 Å². The molecule has 1 aliphatic heterocycles. The first kappa shape index (κ1) is 17.3. The van der Waals surface area contributed by atoms with E-state index in [1.54, 1.807) is 24.3 Å². The van der Waals surface area contributed by atoms with E-state index in [0.717, 1.165) is 12.8 Å². The van der Waals surface area contributed by atoms with Gasteiger partial charge in [-0.15, -0.1) is 0 Å². The van der Waals surface area contributed by atoms with E-state index in [1.807, 2.05) is 0 Å². The number of phenols is 1. The lowest BCUT2D eigenvalue weighted by Gasteiger charge is -2.14. The van der Waals surface area contributed by atoms with Crippen molar-refractivity contribution in [2.24, 2.45) is 0 Å². The molecule has 0 bridgehead atoms. The van der Waals surface area contributed by atoms with Crippen LogP contribution in [0.3, 0.4) is 0 Å². The summed E-state index contributed by atoms with van der Waals surface area (Å²) < 4.78 is 12.2. The highest BCUT2D eigenvalue weighted by Crippen LogP contribution is 2.32. The predicted molar refractivity (Wildman–Crippen MR) is 99.3 cm³/mol. The van der Waals surface area contributed by atoms with Crippen LogP contribution < -0.4 is 16.0 Å². The number of hydrogen-bond donors (Lipinski definition) is 2. The minimum Gasteiger partial charge on any atom is -0.507 e. The minimum absolute atomic E-state index is 0.0283. The molecule has 0 amide bonds. The number of phenolic OH excluding ortho intramolecular Hbond substituents is 1.